The molecule has 214 valence electrons. The fourth-order valence-corrected chi connectivity index (χ4v) is 7.67. The third kappa shape index (κ3) is 3.85. The first-order chi connectivity index (χ1) is 22.0. The molecule has 0 atom stereocenters. The van der Waals surface area contributed by atoms with Crippen molar-refractivity contribution < 1.29 is 4.39 Å². The summed E-state index contributed by atoms with van der Waals surface area (Å²) in [5.41, 5.74) is 7.65. The van der Waals surface area contributed by atoms with Gasteiger partial charge in [0.05, 0.1) is 0 Å². The largest absolute Gasteiger partial charge is 0.310 e. The molecule has 0 amide bonds. The molecular formula is C43H30FN. The lowest BCUT2D eigenvalue weighted by molar-refractivity contribution is 0.620. The summed E-state index contributed by atoms with van der Waals surface area (Å²) >= 11 is 0. The van der Waals surface area contributed by atoms with Gasteiger partial charge in [-0.1, -0.05) is 117 Å². The molecule has 0 saturated carbocycles. The van der Waals surface area contributed by atoms with Crippen LogP contribution in [0.15, 0.2) is 146 Å². The summed E-state index contributed by atoms with van der Waals surface area (Å²) in [6.07, 6.45) is 0. The second-order valence-electron chi connectivity index (χ2n) is 12.7. The van der Waals surface area contributed by atoms with Crippen molar-refractivity contribution in [2.24, 2.45) is 0 Å². The van der Waals surface area contributed by atoms with Crippen LogP contribution < -0.4 is 4.90 Å². The van der Waals surface area contributed by atoms with Gasteiger partial charge in [-0.3, -0.25) is 0 Å². The summed E-state index contributed by atoms with van der Waals surface area (Å²) < 4.78 is 15.4. The highest BCUT2D eigenvalue weighted by atomic mass is 19.1. The van der Waals surface area contributed by atoms with Gasteiger partial charge in [-0.15, -0.1) is 0 Å². The van der Waals surface area contributed by atoms with Crippen LogP contribution in [0.4, 0.5) is 21.5 Å². The van der Waals surface area contributed by atoms with Crippen LogP contribution in [0.3, 0.4) is 0 Å². The fourth-order valence-electron chi connectivity index (χ4n) is 7.67. The lowest BCUT2D eigenvalue weighted by atomic mass is 9.80. The molecule has 0 fully saturated rings. The fraction of sp³-hybridized carbons (Fsp3) is 0.0698. The van der Waals surface area contributed by atoms with E-state index >= 15 is 4.39 Å². The van der Waals surface area contributed by atoms with Crippen molar-refractivity contribution in [3.8, 4) is 11.1 Å². The Labute approximate surface area is 261 Å². The highest BCUT2D eigenvalue weighted by molar-refractivity contribution is 6.07. The highest BCUT2D eigenvalue weighted by Gasteiger charge is 2.38. The average Bonchev–Trinajstić information content (AvgIpc) is 3.31. The van der Waals surface area contributed by atoms with E-state index < -0.39 is 0 Å². The van der Waals surface area contributed by atoms with Gasteiger partial charge in [-0.2, -0.15) is 0 Å². The highest BCUT2D eigenvalue weighted by Crippen LogP contribution is 2.54. The van der Waals surface area contributed by atoms with Crippen LogP contribution >= 0.6 is 0 Å². The van der Waals surface area contributed by atoms with Crippen LogP contribution in [0.25, 0.3) is 54.2 Å². The standard InChI is InChI=1S/C43H30FN/c1-43(2)39-26-40(44)36-13-7-8-14-37(36)41(39)38-21-17-31-25-34(20-22-35(31)42(38)43)45(32-18-15-27-9-3-5-11-29(27)23-32)33-19-16-28-10-4-6-12-30(28)24-33/h3-26H,1-2H3. The summed E-state index contributed by atoms with van der Waals surface area (Å²) in [6.45, 7) is 4.46. The van der Waals surface area contributed by atoms with Crippen molar-refractivity contribution in [3.05, 3.63) is 163 Å². The Kier molecular flexibility index (Phi) is 5.49. The molecule has 1 nitrogen and oxygen atoms in total. The van der Waals surface area contributed by atoms with Gasteiger partial charge in [0.25, 0.3) is 0 Å². The summed E-state index contributed by atoms with van der Waals surface area (Å²) in [6, 6.07) is 51.3. The Morgan fingerprint density at radius 1 is 0.467 bits per heavy atom. The second kappa shape index (κ2) is 9.51. The summed E-state index contributed by atoms with van der Waals surface area (Å²) in [4.78, 5) is 2.36. The van der Waals surface area contributed by atoms with Gasteiger partial charge in [0.15, 0.2) is 0 Å². The van der Waals surface area contributed by atoms with E-state index in [1.807, 2.05) is 18.2 Å². The predicted octanol–water partition coefficient (Wildman–Crippen LogP) is 12.2. The van der Waals surface area contributed by atoms with Gasteiger partial charge in [0, 0.05) is 27.9 Å². The molecule has 9 rings (SSSR count). The number of nitrogens with zero attached hydrogens (tertiary/aromatic N) is 1. The molecule has 45 heavy (non-hydrogen) atoms. The number of hydrogen-bond acceptors (Lipinski definition) is 1. The van der Waals surface area contributed by atoms with Crippen molar-refractivity contribution in [3.63, 3.8) is 0 Å². The first-order valence-corrected chi connectivity index (χ1v) is 15.5. The zero-order valence-electron chi connectivity index (χ0n) is 25.2. The smallest absolute Gasteiger partial charge is 0.131 e. The number of halogens is 1. The Hall–Kier alpha value is -5.47. The lowest BCUT2D eigenvalue weighted by Gasteiger charge is -2.27. The quantitative estimate of drug-likeness (QED) is 0.201. The van der Waals surface area contributed by atoms with Gasteiger partial charge < -0.3 is 4.90 Å². The third-order valence-corrected chi connectivity index (χ3v) is 9.81. The van der Waals surface area contributed by atoms with Crippen LogP contribution in [0.1, 0.15) is 25.0 Å². The first-order valence-electron chi connectivity index (χ1n) is 15.5. The Bertz CT molecular complexity index is 2410. The molecule has 0 spiro atoms. The number of benzene rings is 8. The molecule has 8 aromatic carbocycles. The van der Waals surface area contributed by atoms with E-state index in [2.05, 4.69) is 140 Å². The van der Waals surface area contributed by atoms with Gasteiger partial charge in [0.2, 0.25) is 0 Å². The number of hydrogen-bond donors (Lipinski definition) is 0. The predicted molar refractivity (Wildman–Crippen MR) is 189 cm³/mol. The number of rotatable bonds is 3. The maximum Gasteiger partial charge on any atom is 0.131 e. The average molecular weight is 580 g/mol. The monoisotopic (exact) mass is 579 g/mol. The van der Waals surface area contributed by atoms with Gasteiger partial charge in [0.1, 0.15) is 5.82 Å². The topological polar surface area (TPSA) is 3.24 Å². The zero-order chi connectivity index (χ0) is 30.3. The van der Waals surface area contributed by atoms with Crippen molar-refractivity contribution in [2.45, 2.75) is 19.3 Å². The number of fused-ring (bicyclic) bond motifs is 9. The third-order valence-electron chi connectivity index (χ3n) is 9.81. The molecule has 0 aliphatic heterocycles. The first kappa shape index (κ1) is 26.0. The molecule has 1 aliphatic rings. The molecule has 0 radical (unpaired) electrons. The van der Waals surface area contributed by atoms with Crippen LogP contribution in [0.2, 0.25) is 0 Å². The molecule has 0 heterocycles. The molecule has 1 aliphatic carbocycles. The Morgan fingerprint density at radius 3 is 1.62 bits per heavy atom. The van der Waals surface area contributed by atoms with E-state index in [1.165, 1.54) is 43.4 Å². The van der Waals surface area contributed by atoms with Crippen molar-refractivity contribution in [2.75, 3.05) is 4.90 Å². The minimum atomic E-state index is -0.340. The van der Waals surface area contributed by atoms with Crippen molar-refractivity contribution >= 4 is 60.2 Å². The van der Waals surface area contributed by atoms with Crippen molar-refractivity contribution in [1.29, 1.82) is 0 Å². The van der Waals surface area contributed by atoms with E-state index in [1.54, 1.807) is 6.07 Å². The van der Waals surface area contributed by atoms with Crippen LogP contribution in [0.5, 0.6) is 0 Å². The molecule has 2 heteroatoms. The van der Waals surface area contributed by atoms with E-state index in [4.69, 9.17) is 0 Å². The van der Waals surface area contributed by atoms with Gasteiger partial charge >= 0.3 is 0 Å². The molecular weight excluding hydrogens is 549 g/mol. The van der Waals surface area contributed by atoms with E-state index in [-0.39, 0.29) is 11.2 Å². The van der Waals surface area contributed by atoms with Crippen LogP contribution in [-0.2, 0) is 5.41 Å². The molecule has 0 saturated heterocycles. The van der Waals surface area contributed by atoms with E-state index in [0.29, 0.717) is 5.39 Å². The second-order valence-corrected chi connectivity index (χ2v) is 12.7. The van der Waals surface area contributed by atoms with Gasteiger partial charge in [-0.25, -0.2) is 4.39 Å². The normalized spacial score (nSPS) is 13.4. The molecule has 0 N–H and O–H groups in total. The summed E-state index contributed by atoms with van der Waals surface area (Å²) in [5, 5.41) is 8.89. The van der Waals surface area contributed by atoms with Gasteiger partial charge in [-0.05, 0) is 102 Å². The Balaban J connectivity index is 1.26. The minimum Gasteiger partial charge on any atom is -0.310 e. The van der Waals surface area contributed by atoms with Crippen LogP contribution in [-0.4, -0.2) is 0 Å². The Morgan fingerprint density at radius 2 is 0.978 bits per heavy atom. The van der Waals surface area contributed by atoms with Crippen molar-refractivity contribution in [1.82, 2.24) is 0 Å². The molecule has 0 unspecified atom stereocenters. The molecule has 8 aromatic rings. The zero-order valence-corrected chi connectivity index (χ0v) is 25.2. The summed E-state index contributed by atoms with van der Waals surface area (Å²) in [7, 11) is 0. The maximum atomic E-state index is 15.4. The SMILES string of the molecule is CC1(C)c2cc(F)c3ccccc3c2-c2ccc3cc(N(c4ccc5ccccc5c4)c4ccc5ccccc5c4)ccc3c21. The minimum absolute atomic E-state index is 0.154. The molecule has 0 aromatic heterocycles. The lowest BCUT2D eigenvalue weighted by Crippen LogP contribution is -2.16. The molecule has 0 bridgehead atoms. The maximum absolute atomic E-state index is 15.4. The number of anilines is 3. The van der Waals surface area contributed by atoms with E-state index in [9.17, 15) is 0 Å². The van der Waals surface area contributed by atoms with E-state index in [0.717, 1.165) is 33.6 Å². The van der Waals surface area contributed by atoms with Crippen LogP contribution in [0, 0.1) is 5.82 Å². The summed E-state index contributed by atoms with van der Waals surface area (Å²) in [5.74, 6) is -0.154.